The summed E-state index contributed by atoms with van der Waals surface area (Å²) in [6, 6.07) is 10.5. The lowest BCUT2D eigenvalue weighted by Gasteiger charge is -2.35. The molecular weight excluding hydrogens is 655 g/mol. The lowest BCUT2D eigenvalue weighted by atomic mass is 9.86. The number of nitrogens with zero attached hydrogens (tertiary/aromatic N) is 5. The van der Waals surface area contributed by atoms with Gasteiger partial charge in [0.2, 0.25) is 5.91 Å². The number of ether oxygens (including phenoxy) is 2. The highest BCUT2D eigenvalue weighted by Crippen LogP contribution is 2.44. The Kier molecular flexibility index (Phi) is 7.87. The highest BCUT2D eigenvalue weighted by molar-refractivity contribution is 6.34. The molecule has 11 nitrogen and oxygen atoms in total. The van der Waals surface area contributed by atoms with Crippen molar-refractivity contribution in [2.24, 2.45) is 5.73 Å². The van der Waals surface area contributed by atoms with Gasteiger partial charge >= 0.3 is 6.09 Å². The molecule has 1 aliphatic carbocycles. The van der Waals surface area contributed by atoms with E-state index >= 15 is 0 Å². The molecule has 2 unspecified atom stereocenters. The number of hydrogen-bond acceptors (Lipinski definition) is 7. The number of carbonyl (C=O) groups is 3. The predicted molar refractivity (Wildman–Crippen MR) is 181 cm³/mol. The van der Waals surface area contributed by atoms with Crippen molar-refractivity contribution in [2.75, 3.05) is 20.2 Å². The van der Waals surface area contributed by atoms with Gasteiger partial charge in [0.05, 0.1) is 36.1 Å². The molecule has 4 heterocycles. The minimum absolute atomic E-state index is 0.126. The van der Waals surface area contributed by atoms with Gasteiger partial charge < -0.3 is 25.0 Å². The summed E-state index contributed by atoms with van der Waals surface area (Å²) < 4.78 is 13.1. The maximum Gasteiger partial charge on any atom is 0.410 e. The van der Waals surface area contributed by atoms with Crippen molar-refractivity contribution in [2.45, 2.75) is 57.7 Å². The smallest absolute Gasteiger partial charge is 0.410 e. The van der Waals surface area contributed by atoms with Crippen LogP contribution >= 0.6 is 23.2 Å². The van der Waals surface area contributed by atoms with Crippen LogP contribution in [0.1, 0.15) is 59.2 Å². The van der Waals surface area contributed by atoms with Crippen molar-refractivity contribution in [3.8, 4) is 33.8 Å². The molecule has 13 heteroatoms. The SMILES string of the molecule is COc1cc2c(cc1-c1cncc(C(N)=O)c1)-c1c(c(C(=O)N3CC4CC3CN4C(=O)OC(C)(C)C)nn1-c1cc(Cl)cc(Cl)c1)CC2. The summed E-state index contributed by atoms with van der Waals surface area (Å²) in [6.07, 6.45) is 4.59. The number of pyridine rings is 1. The van der Waals surface area contributed by atoms with Gasteiger partial charge in [-0.1, -0.05) is 23.2 Å². The Morgan fingerprint density at radius 1 is 0.917 bits per heavy atom. The van der Waals surface area contributed by atoms with E-state index in [1.165, 1.54) is 6.20 Å². The van der Waals surface area contributed by atoms with Crippen molar-refractivity contribution >= 4 is 41.1 Å². The van der Waals surface area contributed by atoms with E-state index in [0.717, 1.165) is 22.4 Å². The number of aromatic nitrogens is 3. The minimum Gasteiger partial charge on any atom is -0.496 e. The summed E-state index contributed by atoms with van der Waals surface area (Å²) in [5, 5.41) is 5.81. The number of halogens is 2. The van der Waals surface area contributed by atoms with Crippen molar-refractivity contribution in [1.29, 1.82) is 0 Å². The second-order valence-electron chi connectivity index (χ2n) is 13.4. The van der Waals surface area contributed by atoms with E-state index in [4.69, 9.17) is 43.5 Å². The van der Waals surface area contributed by atoms with E-state index in [-0.39, 0.29) is 29.6 Å². The maximum atomic E-state index is 14.4. The monoisotopic (exact) mass is 688 g/mol. The average molecular weight is 690 g/mol. The van der Waals surface area contributed by atoms with Gasteiger partial charge in [-0.3, -0.25) is 14.6 Å². The van der Waals surface area contributed by atoms with E-state index in [2.05, 4.69) is 4.98 Å². The molecular formula is C35H34Cl2N6O5. The van der Waals surface area contributed by atoms with Gasteiger partial charge in [-0.05, 0) is 82.0 Å². The van der Waals surface area contributed by atoms with Gasteiger partial charge in [0.25, 0.3) is 5.91 Å². The van der Waals surface area contributed by atoms with Crippen LogP contribution in [-0.2, 0) is 17.6 Å². The Hall–Kier alpha value is -4.61. The lowest BCUT2D eigenvalue weighted by molar-refractivity contribution is 0.0125. The first-order chi connectivity index (χ1) is 22.8. The van der Waals surface area contributed by atoms with Gasteiger partial charge in [0.1, 0.15) is 11.4 Å². The van der Waals surface area contributed by atoms with Crippen LogP contribution in [0.15, 0.2) is 48.8 Å². The summed E-state index contributed by atoms with van der Waals surface area (Å²) >= 11 is 12.9. The number of methoxy groups -OCH3 is 1. The van der Waals surface area contributed by atoms with Crippen LogP contribution < -0.4 is 10.5 Å². The fourth-order valence-electron chi connectivity index (χ4n) is 7.01. The molecule has 2 aromatic heterocycles. The van der Waals surface area contributed by atoms with Gasteiger partial charge in [0, 0.05) is 57.8 Å². The third-order valence-corrected chi connectivity index (χ3v) is 9.50. The van der Waals surface area contributed by atoms with Crippen molar-refractivity contribution in [3.05, 3.63) is 81.2 Å². The molecule has 7 rings (SSSR count). The topological polar surface area (TPSA) is 133 Å². The third-order valence-electron chi connectivity index (χ3n) is 9.07. The summed E-state index contributed by atoms with van der Waals surface area (Å²) in [4.78, 5) is 47.0. The number of nitrogens with two attached hydrogens (primary N) is 1. The number of hydrogen-bond donors (Lipinski definition) is 1. The molecule has 48 heavy (non-hydrogen) atoms. The Bertz CT molecular complexity index is 1980. The number of carbonyl (C=O) groups excluding carboxylic acids is 3. The van der Waals surface area contributed by atoms with Gasteiger partial charge in [-0.2, -0.15) is 5.10 Å². The van der Waals surface area contributed by atoms with Crippen LogP contribution in [0.5, 0.6) is 5.75 Å². The Balaban J connectivity index is 1.32. The summed E-state index contributed by atoms with van der Waals surface area (Å²) in [5.74, 6) is -0.172. The number of likely N-dealkylation sites (tertiary alicyclic amines) is 2. The predicted octanol–water partition coefficient (Wildman–Crippen LogP) is 5.95. The van der Waals surface area contributed by atoms with Crippen molar-refractivity contribution in [1.82, 2.24) is 24.6 Å². The standard InChI is InChI=1S/C35H34Cl2N6O5/c1-35(2,3)48-34(46)42-17-24-12-25(42)16-41(24)33(45)30-26-6-5-18-8-29(47-4)27(19-7-20(32(38)44)15-39-14-19)13-28(18)31(26)43(40-30)23-10-21(36)9-22(37)11-23/h7-11,13-15,24-25H,5-6,12,16-17H2,1-4H3,(H2,38,44). The van der Waals surface area contributed by atoms with E-state index in [1.54, 1.807) is 47.2 Å². The third kappa shape index (κ3) is 5.64. The highest BCUT2D eigenvalue weighted by atomic mass is 35.5. The summed E-state index contributed by atoms with van der Waals surface area (Å²) in [5.41, 5.74) is 10.9. The Labute approximate surface area is 287 Å². The largest absolute Gasteiger partial charge is 0.496 e. The average Bonchev–Trinajstić information content (AvgIpc) is 3.76. The zero-order chi connectivity index (χ0) is 34.1. The Morgan fingerprint density at radius 3 is 2.27 bits per heavy atom. The molecule has 2 saturated heterocycles. The van der Waals surface area contributed by atoms with E-state index in [0.29, 0.717) is 70.7 Å². The molecule has 2 N–H and O–H groups in total. The second-order valence-corrected chi connectivity index (χ2v) is 14.3. The van der Waals surface area contributed by atoms with Crippen LogP contribution in [0.3, 0.4) is 0 Å². The molecule has 0 radical (unpaired) electrons. The fraction of sp³-hybridized carbons (Fsp3) is 0.343. The first-order valence-corrected chi connectivity index (χ1v) is 16.4. The van der Waals surface area contributed by atoms with Crippen molar-refractivity contribution < 1.29 is 23.9 Å². The second kappa shape index (κ2) is 11.8. The van der Waals surface area contributed by atoms with Crippen LogP contribution in [0.4, 0.5) is 4.79 Å². The molecule has 2 bridgehead atoms. The number of benzene rings is 2. The van der Waals surface area contributed by atoms with Crippen molar-refractivity contribution in [3.63, 3.8) is 0 Å². The molecule has 0 spiro atoms. The van der Waals surface area contributed by atoms with Crippen LogP contribution in [0.2, 0.25) is 10.0 Å². The number of rotatable bonds is 5. The maximum absolute atomic E-state index is 14.4. The zero-order valence-electron chi connectivity index (χ0n) is 26.9. The fourth-order valence-corrected chi connectivity index (χ4v) is 7.52. The molecule has 248 valence electrons. The Morgan fingerprint density at radius 2 is 1.62 bits per heavy atom. The van der Waals surface area contributed by atoms with E-state index < -0.39 is 11.5 Å². The minimum atomic E-state index is -0.606. The number of fused-ring (bicyclic) bond motifs is 5. The quantitative estimate of drug-likeness (QED) is 0.274. The zero-order valence-corrected chi connectivity index (χ0v) is 28.4. The molecule has 3 amide bonds. The van der Waals surface area contributed by atoms with Crippen LogP contribution in [0.25, 0.3) is 28.1 Å². The lowest BCUT2D eigenvalue weighted by Crippen LogP contribution is -2.51. The number of primary amides is 1. The molecule has 2 fully saturated rings. The molecule has 2 aliphatic heterocycles. The summed E-state index contributed by atoms with van der Waals surface area (Å²) in [6.45, 7) is 6.33. The normalized spacial score (nSPS) is 18.0. The van der Waals surface area contributed by atoms with Crippen LogP contribution in [0, 0.1) is 0 Å². The van der Waals surface area contributed by atoms with Gasteiger partial charge in [-0.25, -0.2) is 9.48 Å². The van der Waals surface area contributed by atoms with Gasteiger partial charge in [-0.15, -0.1) is 0 Å². The molecule has 2 aromatic carbocycles. The van der Waals surface area contributed by atoms with E-state index in [9.17, 15) is 14.4 Å². The van der Waals surface area contributed by atoms with E-state index in [1.807, 2.05) is 37.8 Å². The number of piperazine rings is 1. The molecule has 0 saturated carbocycles. The highest BCUT2D eigenvalue weighted by Gasteiger charge is 2.49. The first kappa shape index (κ1) is 32.0. The van der Waals surface area contributed by atoms with Crippen LogP contribution in [-0.4, -0.2) is 80.4 Å². The number of amides is 3. The number of aryl methyl sites for hydroxylation is 1. The molecule has 2 atom stereocenters. The first-order valence-electron chi connectivity index (χ1n) is 15.7. The molecule has 4 aromatic rings. The molecule has 3 aliphatic rings. The van der Waals surface area contributed by atoms with Gasteiger partial charge in [0.15, 0.2) is 5.69 Å². The summed E-state index contributed by atoms with van der Waals surface area (Å²) in [7, 11) is 1.59.